The van der Waals surface area contributed by atoms with Gasteiger partial charge in [-0.3, -0.25) is 9.10 Å². The quantitative estimate of drug-likeness (QED) is 0.411. The Morgan fingerprint density at radius 3 is 2.50 bits per heavy atom. The summed E-state index contributed by atoms with van der Waals surface area (Å²) < 4.78 is 36.0. The summed E-state index contributed by atoms with van der Waals surface area (Å²) >= 11 is 5.93. The van der Waals surface area contributed by atoms with Gasteiger partial charge in [0.05, 0.1) is 17.1 Å². The molecule has 36 heavy (non-hydrogen) atoms. The number of aromatic nitrogens is 2. The molecule has 184 valence electrons. The van der Waals surface area contributed by atoms with Gasteiger partial charge < -0.3 is 14.6 Å². The van der Waals surface area contributed by atoms with Gasteiger partial charge in [0.15, 0.2) is 6.10 Å². The molecule has 5 rings (SSSR count). The molecule has 2 heterocycles. The number of aryl methyl sites for hydroxylation is 1. The smallest absolute Gasteiger partial charge is 0.264 e. The van der Waals surface area contributed by atoms with E-state index in [4.69, 9.17) is 16.3 Å². The van der Waals surface area contributed by atoms with E-state index in [0.717, 1.165) is 17.1 Å². The minimum absolute atomic E-state index is 0.0796. The Morgan fingerprint density at radius 2 is 1.81 bits per heavy atom. The average molecular weight is 523 g/mol. The molecule has 1 aliphatic heterocycles. The number of imidazole rings is 1. The van der Waals surface area contributed by atoms with E-state index in [0.29, 0.717) is 16.5 Å². The van der Waals surface area contributed by atoms with Gasteiger partial charge in [-0.15, -0.1) is 0 Å². The first-order valence-electron chi connectivity index (χ1n) is 11.2. The fourth-order valence-electron chi connectivity index (χ4n) is 4.03. The van der Waals surface area contributed by atoms with E-state index in [1.165, 1.54) is 28.6 Å². The molecule has 0 saturated heterocycles. The molecule has 8 nitrogen and oxygen atoms in total. The topological polar surface area (TPSA) is 93.5 Å². The van der Waals surface area contributed by atoms with Gasteiger partial charge in [-0.2, -0.15) is 0 Å². The summed E-state index contributed by atoms with van der Waals surface area (Å²) in [7, 11) is -3.95. The summed E-state index contributed by atoms with van der Waals surface area (Å²) in [5.74, 6) is 0.792. The number of carbonyl (C=O) groups excluding carboxylic acids is 1. The van der Waals surface area contributed by atoms with Crippen LogP contribution < -0.4 is 14.4 Å². The number of rotatable bonds is 6. The van der Waals surface area contributed by atoms with E-state index < -0.39 is 22.0 Å². The van der Waals surface area contributed by atoms with Gasteiger partial charge in [0, 0.05) is 29.6 Å². The summed E-state index contributed by atoms with van der Waals surface area (Å²) in [4.78, 5) is 17.4. The van der Waals surface area contributed by atoms with Crippen molar-refractivity contribution in [2.24, 2.45) is 0 Å². The van der Waals surface area contributed by atoms with Gasteiger partial charge in [-0.05, 0) is 61.0 Å². The zero-order valence-electron chi connectivity index (χ0n) is 19.3. The normalized spacial score (nSPS) is 15.2. The minimum atomic E-state index is -3.95. The first-order chi connectivity index (χ1) is 17.3. The van der Waals surface area contributed by atoms with Gasteiger partial charge in [-0.1, -0.05) is 35.9 Å². The maximum Gasteiger partial charge on any atom is 0.264 e. The number of nitrogens with zero attached hydrogens (tertiary/aromatic N) is 3. The number of ether oxygens (including phenoxy) is 1. The number of fused-ring (bicyclic) bond motifs is 1. The molecular weight excluding hydrogens is 500 g/mol. The summed E-state index contributed by atoms with van der Waals surface area (Å²) in [6.07, 6.45) is 2.60. The highest BCUT2D eigenvalue weighted by Crippen LogP contribution is 2.37. The fourth-order valence-corrected chi connectivity index (χ4v) is 5.63. The number of sulfonamides is 1. The molecule has 0 radical (unpaired) electrons. The van der Waals surface area contributed by atoms with Crippen LogP contribution in [0.15, 0.2) is 90.1 Å². The molecule has 0 aliphatic carbocycles. The standard InChI is InChI=1S/C26H23ClN4O4S/c1-18-28-14-15-30(18)21-10-6-19(7-11-21)16-29-26(32)25-17-31(23-4-2-3-5-24(23)35-25)36(33,34)22-12-8-20(27)9-13-22/h2-15,25H,16-17H2,1H3,(H,29,32)/t25-/m1/s1. The van der Waals surface area contributed by atoms with Crippen molar-refractivity contribution in [3.63, 3.8) is 0 Å². The van der Waals surface area contributed by atoms with Crippen molar-refractivity contribution in [1.29, 1.82) is 0 Å². The van der Waals surface area contributed by atoms with E-state index in [1.807, 2.05) is 42.0 Å². The lowest BCUT2D eigenvalue weighted by Crippen LogP contribution is -2.50. The predicted octanol–water partition coefficient (Wildman–Crippen LogP) is 4.11. The molecule has 0 bridgehead atoms. The molecule has 0 saturated carbocycles. The maximum atomic E-state index is 13.5. The highest BCUT2D eigenvalue weighted by atomic mass is 35.5. The highest BCUT2D eigenvalue weighted by molar-refractivity contribution is 7.92. The average Bonchev–Trinajstić information content (AvgIpc) is 3.32. The Morgan fingerprint density at radius 1 is 1.08 bits per heavy atom. The number of hydrogen-bond donors (Lipinski definition) is 1. The van der Waals surface area contributed by atoms with E-state index in [-0.39, 0.29) is 18.0 Å². The second kappa shape index (κ2) is 9.67. The number of benzene rings is 3. The number of nitrogens with one attached hydrogen (secondary N) is 1. The number of hydrogen-bond acceptors (Lipinski definition) is 5. The van der Waals surface area contributed by atoms with Crippen LogP contribution in [-0.2, 0) is 21.4 Å². The fraction of sp³-hybridized carbons (Fsp3) is 0.154. The molecule has 10 heteroatoms. The second-order valence-electron chi connectivity index (χ2n) is 8.29. The van der Waals surface area contributed by atoms with Gasteiger partial charge in [0.1, 0.15) is 11.6 Å². The highest BCUT2D eigenvalue weighted by Gasteiger charge is 2.37. The molecule has 1 atom stereocenters. The van der Waals surface area contributed by atoms with Crippen molar-refractivity contribution in [2.45, 2.75) is 24.5 Å². The van der Waals surface area contributed by atoms with Crippen LogP contribution in [0.1, 0.15) is 11.4 Å². The van der Waals surface area contributed by atoms with Crippen LogP contribution in [0.4, 0.5) is 5.69 Å². The molecule has 0 fully saturated rings. The van der Waals surface area contributed by atoms with Crippen LogP contribution in [0.3, 0.4) is 0 Å². The number of anilines is 1. The maximum absolute atomic E-state index is 13.5. The Kier molecular flexibility index (Phi) is 6.42. The minimum Gasteiger partial charge on any atom is -0.476 e. The van der Waals surface area contributed by atoms with Crippen molar-refractivity contribution in [3.8, 4) is 11.4 Å². The van der Waals surface area contributed by atoms with Crippen molar-refractivity contribution in [3.05, 3.63) is 102 Å². The molecule has 0 spiro atoms. The van der Waals surface area contributed by atoms with Crippen molar-refractivity contribution >= 4 is 33.2 Å². The summed E-state index contributed by atoms with van der Waals surface area (Å²) in [5, 5.41) is 3.29. The molecule has 1 amide bonds. The Balaban J connectivity index is 1.32. The number of halogens is 1. The SMILES string of the molecule is Cc1nccn1-c1ccc(CNC(=O)[C@H]2CN(S(=O)(=O)c3ccc(Cl)cc3)c3ccccc3O2)cc1. The van der Waals surface area contributed by atoms with Crippen molar-refractivity contribution in [1.82, 2.24) is 14.9 Å². The molecule has 4 aromatic rings. The molecule has 1 aromatic heterocycles. The molecular formula is C26H23ClN4O4S. The van der Waals surface area contributed by atoms with E-state index in [2.05, 4.69) is 10.3 Å². The van der Waals surface area contributed by atoms with Gasteiger partial charge in [0.2, 0.25) is 0 Å². The molecule has 1 aliphatic rings. The van der Waals surface area contributed by atoms with Crippen molar-refractivity contribution in [2.75, 3.05) is 10.8 Å². The zero-order valence-corrected chi connectivity index (χ0v) is 20.9. The van der Waals surface area contributed by atoms with Gasteiger partial charge >= 0.3 is 0 Å². The number of amides is 1. The third kappa shape index (κ3) is 4.67. The first-order valence-corrected chi connectivity index (χ1v) is 13.1. The number of para-hydroxylation sites is 2. The predicted molar refractivity (Wildman–Crippen MR) is 137 cm³/mol. The van der Waals surface area contributed by atoms with Gasteiger partial charge in [0.25, 0.3) is 15.9 Å². The van der Waals surface area contributed by atoms with Crippen LogP contribution >= 0.6 is 11.6 Å². The Labute approximate surface area is 214 Å². The molecule has 3 aromatic carbocycles. The van der Waals surface area contributed by atoms with E-state index in [9.17, 15) is 13.2 Å². The lowest BCUT2D eigenvalue weighted by atomic mass is 10.2. The second-order valence-corrected chi connectivity index (χ2v) is 10.6. The van der Waals surface area contributed by atoms with E-state index in [1.54, 1.807) is 30.5 Å². The van der Waals surface area contributed by atoms with E-state index >= 15 is 0 Å². The molecule has 1 N–H and O–H groups in total. The number of carbonyl (C=O) groups is 1. The lowest BCUT2D eigenvalue weighted by molar-refractivity contribution is -0.127. The summed E-state index contributed by atoms with van der Waals surface area (Å²) in [6.45, 7) is 2.03. The monoisotopic (exact) mass is 522 g/mol. The summed E-state index contributed by atoms with van der Waals surface area (Å²) in [5.41, 5.74) is 2.24. The Bertz CT molecular complexity index is 1500. The van der Waals surface area contributed by atoms with Gasteiger partial charge in [-0.25, -0.2) is 13.4 Å². The Hall–Kier alpha value is -3.82. The van der Waals surface area contributed by atoms with Crippen LogP contribution in [0.2, 0.25) is 5.02 Å². The first kappa shape index (κ1) is 23.9. The largest absolute Gasteiger partial charge is 0.476 e. The third-order valence-corrected chi connectivity index (χ3v) is 7.98. The summed E-state index contributed by atoms with van der Waals surface area (Å²) in [6, 6.07) is 20.4. The van der Waals surface area contributed by atoms with Crippen LogP contribution in [0, 0.1) is 6.92 Å². The van der Waals surface area contributed by atoms with Crippen molar-refractivity contribution < 1.29 is 17.9 Å². The lowest BCUT2D eigenvalue weighted by Gasteiger charge is -2.34. The van der Waals surface area contributed by atoms with Crippen LogP contribution in [0.25, 0.3) is 5.69 Å². The zero-order chi connectivity index (χ0) is 25.3. The molecule has 0 unspecified atom stereocenters. The third-order valence-electron chi connectivity index (χ3n) is 5.94. The van der Waals surface area contributed by atoms with Crippen LogP contribution in [0.5, 0.6) is 5.75 Å². The van der Waals surface area contributed by atoms with Crippen LogP contribution in [-0.4, -0.2) is 36.5 Å².